The molecule has 1 saturated carbocycles. The molecule has 0 bridgehead atoms. The molecule has 7 heteroatoms. The molecule has 0 spiro atoms. The highest BCUT2D eigenvalue weighted by Gasteiger charge is 2.31. The van der Waals surface area contributed by atoms with Gasteiger partial charge in [-0.3, -0.25) is 0 Å². The lowest BCUT2D eigenvalue weighted by atomic mass is 10.3. The molecule has 1 aromatic rings. The second-order valence-electron chi connectivity index (χ2n) is 5.26. The Morgan fingerprint density at radius 1 is 1.57 bits per heavy atom. The van der Waals surface area contributed by atoms with Crippen molar-refractivity contribution < 1.29 is 18.3 Å². The summed E-state index contributed by atoms with van der Waals surface area (Å²) in [5.41, 5.74) is 0.0376. The predicted octanol–water partition coefficient (Wildman–Crippen LogP) is 2.11. The number of sulfonamides is 1. The molecule has 1 aliphatic rings. The van der Waals surface area contributed by atoms with Crippen LogP contribution in [0.15, 0.2) is 29.8 Å². The summed E-state index contributed by atoms with van der Waals surface area (Å²) in [5.74, 6) is -1.10. The molecule has 0 aromatic carbocycles. The van der Waals surface area contributed by atoms with Gasteiger partial charge in [-0.05, 0) is 31.7 Å². The van der Waals surface area contributed by atoms with Crippen LogP contribution in [0, 0.1) is 0 Å². The Labute approximate surface area is 124 Å². The average molecular weight is 312 g/mol. The van der Waals surface area contributed by atoms with Crippen LogP contribution in [-0.4, -0.2) is 42.0 Å². The van der Waals surface area contributed by atoms with Crippen LogP contribution in [0.2, 0.25) is 0 Å². The van der Waals surface area contributed by atoms with Crippen LogP contribution in [0.1, 0.15) is 42.2 Å². The van der Waals surface area contributed by atoms with Gasteiger partial charge >= 0.3 is 5.97 Å². The van der Waals surface area contributed by atoms with Crippen molar-refractivity contribution in [1.82, 2.24) is 8.87 Å². The van der Waals surface area contributed by atoms with Gasteiger partial charge in [0.05, 0.1) is 0 Å². The van der Waals surface area contributed by atoms with Crippen molar-refractivity contribution in [3.63, 3.8) is 0 Å². The van der Waals surface area contributed by atoms with Gasteiger partial charge in [0, 0.05) is 25.8 Å². The van der Waals surface area contributed by atoms with E-state index in [9.17, 15) is 18.3 Å². The number of nitrogens with zero attached hydrogens (tertiary/aromatic N) is 2. The Balaban J connectivity index is 2.25. The molecule has 21 heavy (non-hydrogen) atoms. The standard InChI is InChI=1S/C14H20N2O4S/c1-3-4-5-8-15(2)21(19,20)12-9-13(14(17)18)16(10-12)11-6-7-11/h3,9-11H,1,4-8H2,2H3,(H,17,18). The highest BCUT2D eigenvalue weighted by Crippen LogP contribution is 2.37. The first-order valence-electron chi connectivity index (χ1n) is 6.90. The van der Waals surface area contributed by atoms with Crippen LogP contribution in [0.4, 0.5) is 0 Å². The second kappa shape index (κ2) is 6.03. The summed E-state index contributed by atoms with van der Waals surface area (Å²) in [6, 6.07) is 1.37. The summed E-state index contributed by atoms with van der Waals surface area (Å²) in [7, 11) is -2.14. The number of carbonyl (C=O) groups is 1. The molecular formula is C14H20N2O4S. The van der Waals surface area contributed by atoms with E-state index in [1.807, 2.05) is 0 Å². The fraction of sp³-hybridized carbons (Fsp3) is 0.500. The molecule has 1 N–H and O–H groups in total. The summed E-state index contributed by atoms with van der Waals surface area (Å²) in [6.07, 6.45) is 6.40. The molecule has 2 rings (SSSR count). The number of aromatic nitrogens is 1. The number of allylic oxidation sites excluding steroid dienone is 1. The topological polar surface area (TPSA) is 79.6 Å². The number of rotatable bonds is 8. The van der Waals surface area contributed by atoms with Crippen LogP contribution < -0.4 is 0 Å². The van der Waals surface area contributed by atoms with Crippen molar-refractivity contribution in [3.05, 3.63) is 30.6 Å². The van der Waals surface area contributed by atoms with Gasteiger partial charge < -0.3 is 9.67 Å². The van der Waals surface area contributed by atoms with Gasteiger partial charge in [-0.25, -0.2) is 17.5 Å². The molecule has 1 aliphatic carbocycles. The van der Waals surface area contributed by atoms with E-state index in [0.717, 1.165) is 19.3 Å². The van der Waals surface area contributed by atoms with Crippen molar-refractivity contribution >= 4 is 16.0 Å². The van der Waals surface area contributed by atoms with Gasteiger partial charge in [0.25, 0.3) is 0 Å². The Kier molecular flexibility index (Phi) is 4.53. The molecule has 116 valence electrons. The monoisotopic (exact) mass is 312 g/mol. The molecule has 0 atom stereocenters. The first-order chi connectivity index (χ1) is 9.87. The third-order valence-electron chi connectivity index (χ3n) is 3.57. The van der Waals surface area contributed by atoms with Gasteiger partial charge in [0.2, 0.25) is 10.0 Å². The molecule has 1 heterocycles. The Bertz CT molecular complexity index is 644. The van der Waals surface area contributed by atoms with Crippen LogP contribution in [0.5, 0.6) is 0 Å². The number of carboxylic acids is 1. The minimum absolute atomic E-state index is 0.0376. The molecule has 1 aromatic heterocycles. The first-order valence-corrected chi connectivity index (χ1v) is 8.34. The lowest BCUT2D eigenvalue weighted by Gasteiger charge is -2.15. The zero-order chi connectivity index (χ0) is 15.6. The maximum Gasteiger partial charge on any atom is 0.352 e. The molecule has 0 aliphatic heterocycles. The number of hydrogen-bond donors (Lipinski definition) is 1. The largest absolute Gasteiger partial charge is 0.477 e. The van der Waals surface area contributed by atoms with Crippen LogP contribution in [-0.2, 0) is 10.0 Å². The smallest absolute Gasteiger partial charge is 0.352 e. The van der Waals surface area contributed by atoms with E-state index in [-0.39, 0.29) is 16.6 Å². The SMILES string of the molecule is C=CCCCN(C)S(=O)(=O)c1cc(C(=O)O)n(C2CC2)c1. The van der Waals surface area contributed by atoms with Crippen molar-refractivity contribution in [2.24, 2.45) is 0 Å². The molecule has 0 amide bonds. The Morgan fingerprint density at radius 3 is 2.76 bits per heavy atom. The Hall–Kier alpha value is -1.60. The quantitative estimate of drug-likeness (QED) is 0.589. The number of unbranched alkanes of at least 4 members (excludes halogenated alkanes) is 1. The van der Waals surface area contributed by atoms with Crippen LogP contribution in [0.3, 0.4) is 0 Å². The average Bonchev–Trinajstić information content (AvgIpc) is 3.16. The zero-order valence-electron chi connectivity index (χ0n) is 12.0. The second-order valence-corrected chi connectivity index (χ2v) is 7.31. The lowest BCUT2D eigenvalue weighted by Crippen LogP contribution is -2.27. The molecule has 0 saturated heterocycles. The minimum Gasteiger partial charge on any atom is -0.477 e. The number of carboxylic acid groups (broad SMARTS) is 1. The highest BCUT2D eigenvalue weighted by molar-refractivity contribution is 7.89. The first kappa shape index (κ1) is 15.8. The summed E-state index contributed by atoms with van der Waals surface area (Å²) in [6.45, 7) is 3.98. The van der Waals surface area contributed by atoms with Gasteiger partial charge in [0.15, 0.2) is 0 Å². The summed E-state index contributed by atoms with van der Waals surface area (Å²) < 4.78 is 27.7. The van der Waals surface area contributed by atoms with E-state index in [1.165, 1.54) is 23.6 Å². The van der Waals surface area contributed by atoms with Crippen molar-refractivity contribution in [3.8, 4) is 0 Å². The maximum atomic E-state index is 12.5. The van der Waals surface area contributed by atoms with E-state index >= 15 is 0 Å². The predicted molar refractivity (Wildman–Crippen MR) is 78.9 cm³/mol. The van der Waals surface area contributed by atoms with Crippen LogP contribution >= 0.6 is 0 Å². The molecule has 6 nitrogen and oxygen atoms in total. The van der Waals surface area contributed by atoms with E-state index in [1.54, 1.807) is 10.6 Å². The van der Waals surface area contributed by atoms with E-state index < -0.39 is 16.0 Å². The van der Waals surface area contributed by atoms with E-state index in [0.29, 0.717) is 13.0 Å². The lowest BCUT2D eigenvalue weighted by molar-refractivity contribution is 0.0685. The molecular weight excluding hydrogens is 292 g/mol. The summed E-state index contributed by atoms with van der Waals surface area (Å²) >= 11 is 0. The van der Waals surface area contributed by atoms with Gasteiger partial charge in [-0.15, -0.1) is 6.58 Å². The summed E-state index contributed by atoms with van der Waals surface area (Å²) in [5, 5.41) is 9.19. The number of aromatic carboxylic acids is 1. The van der Waals surface area contributed by atoms with E-state index in [4.69, 9.17) is 0 Å². The Morgan fingerprint density at radius 2 is 2.24 bits per heavy atom. The van der Waals surface area contributed by atoms with Gasteiger partial charge in [0.1, 0.15) is 10.6 Å². The van der Waals surface area contributed by atoms with Crippen molar-refractivity contribution in [2.75, 3.05) is 13.6 Å². The highest BCUT2D eigenvalue weighted by atomic mass is 32.2. The van der Waals surface area contributed by atoms with Crippen molar-refractivity contribution in [2.45, 2.75) is 36.6 Å². The fourth-order valence-electron chi connectivity index (χ4n) is 2.18. The minimum atomic E-state index is -3.65. The van der Waals surface area contributed by atoms with Gasteiger partial charge in [-0.1, -0.05) is 6.08 Å². The summed E-state index contributed by atoms with van der Waals surface area (Å²) in [4.78, 5) is 11.3. The molecule has 0 unspecified atom stereocenters. The fourth-order valence-corrected chi connectivity index (χ4v) is 3.42. The van der Waals surface area contributed by atoms with Crippen molar-refractivity contribution in [1.29, 1.82) is 0 Å². The van der Waals surface area contributed by atoms with E-state index in [2.05, 4.69) is 6.58 Å². The van der Waals surface area contributed by atoms with Gasteiger partial charge in [-0.2, -0.15) is 0 Å². The normalized spacial score (nSPS) is 15.3. The number of hydrogen-bond acceptors (Lipinski definition) is 3. The maximum absolute atomic E-state index is 12.5. The molecule has 1 fully saturated rings. The third-order valence-corrected chi connectivity index (χ3v) is 5.39. The molecule has 0 radical (unpaired) electrons. The third kappa shape index (κ3) is 3.36. The van der Waals surface area contributed by atoms with Crippen LogP contribution in [0.25, 0.3) is 0 Å². The zero-order valence-corrected chi connectivity index (χ0v) is 12.8.